The number of aromatic nitrogens is 3. The Bertz CT molecular complexity index is 658. The van der Waals surface area contributed by atoms with Gasteiger partial charge in [0.05, 0.1) is 6.54 Å². The third kappa shape index (κ3) is 3.00. The number of halogens is 1. The molecule has 0 saturated heterocycles. The molecule has 7 heteroatoms. The van der Waals surface area contributed by atoms with Crippen molar-refractivity contribution >= 4 is 17.5 Å². The molecule has 21 heavy (non-hydrogen) atoms. The molecule has 1 aromatic carbocycles. The number of rotatable bonds is 3. The molecule has 1 aliphatic heterocycles. The minimum atomic E-state index is -0.571. The number of ether oxygens (including phenoxy) is 1. The molecule has 2 aromatic rings. The zero-order chi connectivity index (χ0) is 14.8. The van der Waals surface area contributed by atoms with Crippen LogP contribution < -0.4 is 4.74 Å². The predicted octanol–water partition coefficient (Wildman–Crippen LogP) is 1.74. The highest BCUT2D eigenvalue weighted by Crippen LogP contribution is 2.19. The van der Waals surface area contributed by atoms with Gasteiger partial charge < -0.3 is 14.2 Å². The quantitative estimate of drug-likeness (QED) is 0.866. The number of benzene rings is 1. The fourth-order valence-electron chi connectivity index (χ4n) is 2.31. The van der Waals surface area contributed by atoms with E-state index in [1.54, 1.807) is 42.4 Å². The summed E-state index contributed by atoms with van der Waals surface area (Å²) in [5.74, 6) is 1.32. The van der Waals surface area contributed by atoms with E-state index >= 15 is 0 Å². The van der Waals surface area contributed by atoms with E-state index < -0.39 is 6.10 Å². The van der Waals surface area contributed by atoms with Crippen molar-refractivity contribution < 1.29 is 9.53 Å². The fraction of sp³-hybridized carbons (Fsp3) is 0.357. The highest BCUT2D eigenvalue weighted by molar-refractivity contribution is 6.30. The molecule has 110 valence electrons. The Kier molecular flexibility index (Phi) is 3.79. The highest BCUT2D eigenvalue weighted by Gasteiger charge is 2.26. The van der Waals surface area contributed by atoms with Crippen LogP contribution in [0.1, 0.15) is 12.7 Å². The van der Waals surface area contributed by atoms with Crippen molar-refractivity contribution in [3.8, 4) is 5.75 Å². The zero-order valence-electron chi connectivity index (χ0n) is 11.6. The second-order valence-electron chi connectivity index (χ2n) is 4.92. The lowest BCUT2D eigenvalue weighted by atomic mass is 10.2. The van der Waals surface area contributed by atoms with Crippen LogP contribution in [0.5, 0.6) is 5.75 Å². The average molecular weight is 307 g/mol. The average Bonchev–Trinajstić information content (AvgIpc) is 2.93. The summed E-state index contributed by atoms with van der Waals surface area (Å²) in [7, 11) is 0. The maximum atomic E-state index is 12.4. The number of carbonyl (C=O) groups is 1. The molecule has 2 heterocycles. The largest absolute Gasteiger partial charge is 0.481 e. The van der Waals surface area contributed by atoms with Crippen molar-refractivity contribution in [3.63, 3.8) is 0 Å². The van der Waals surface area contributed by atoms with E-state index in [1.165, 1.54) is 0 Å². The second-order valence-corrected chi connectivity index (χ2v) is 5.35. The Morgan fingerprint density at radius 1 is 1.43 bits per heavy atom. The van der Waals surface area contributed by atoms with Crippen molar-refractivity contribution in [1.29, 1.82) is 0 Å². The van der Waals surface area contributed by atoms with E-state index in [1.807, 2.05) is 4.57 Å². The normalized spacial score (nSPS) is 15.4. The van der Waals surface area contributed by atoms with Crippen LogP contribution in [-0.2, 0) is 17.9 Å². The first-order valence-electron chi connectivity index (χ1n) is 6.71. The molecule has 1 atom stereocenters. The minimum Gasteiger partial charge on any atom is -0.481 e. The molecular formula is C14H15ClN4O2. The second kappa shape index (κ2) is 5.73. The van der Waals surface area contributed by atoms with Gasteiger partial charge in [0.1, 0.15) is 12.1 Å². The number of nitrogens with zero attached hydrogens (tertiary/aromatic N) is 4. The zero-order valence-corrected chi connectivity index (χ0v) is 12.3. The topological polar surface area (TPSA) is 60.2 Å². The van der Waals surface area contributed by atoms with Crippen molar-refractivity contribution in [1.82, 2.24) is 19.7 Å². The van der Waals surface area contributed by atoms with Crippen LogP contribution in [0, 0.1) is 0 Å². The first kappa shape index (κ1) is 13.9. The predicted molar refractivity (Wildman–Crippen MR) is 77.0 cm³/mol. The third-order valence-corrected chi connectivity index (χ3v) is 3.64. The van der Waals surface area contributed by atoms with Crippen LogP contribution in [-0.4, -0.2) is 38.2 Å². The lowest BCUT2D eigenvalue weighted by Gasteiger charge is -2.29. The van der Waals surface area contributed by atoms with Crippen molar-refractivity contribution in [2.45, 2.75) is 26.1 Å². The van der Waals surface area contributed by atoms with Crippen LogP contribution in [0.15, 0.2) is 30.6 Å². The number of hydrogen-bond donors (Lipinski definition) is 0. The third-order valence-electron chi connectivity index (χ3n) is 3.41. The molecule has 0 aliphatic carbocycles. The van der Waals surface area contributed by atoms with Crippen LogP contribution in [0.4, 0.5) is 0 Å². The number of fused-ring (bicyclic) bond motifs is 1. The molecule has 0 spiro atoms. The smallest absolute Gasteiger partial charge is 0.263 e. The number of carbonyl (C=O) groups excluding carboxylic acids is 1. The molecule has 1 aromatic heterocycles. The maximum absolute atomic E-state index is 12.4. The molecule has 0 radical (unpaired) electrons. The lowest BCUT2D eigenvalue weighted by molar-refractivity contribution is -0.139. The van der Waals surface area contributed by atoms with Gasteiger partial charge in [0, 0.05) is 18.1 Å². The summed E-state index contributed by atoms with van der Waals surface area (Å²) in [4.78, 5) is 14.2. The molecule has 6 nitrogen and oxygen atoms in total. The Labute approximate surface area is 127 Å². The first-order valence-corrected chi connectivity index (χ1v) is 7.09. The molecule has 0 bridgehead atoms. The summed E-state index contributed by atoms with van der Waals surface area (Å²) < 4.78 is 7.61. The Morgan fingerprint density at radius 3 is 3.10 bits per heavy atom. The molecule has 0 unspecified atom stereocenters. The first-order chi connectivity index (χ1) is 10.1. The summed E-state index contributed by atoms with van der Waals surface area (Å²) in [6.45, 7) is 3.54. The standard InChI is InChI=1S/C14H15ClN4O2/c1-10(21-12-4-2-3-11(15)7-12)14(20)18-5-6-19-9-16-17-13(19)8-18/h2-4,7,9-10H,5-6,8H2,1H3/t10-/m0/s1. The van der Waals surface area contributed by atoms with Gasteiger partial charge in [0.15, 0.2) is 11.9 Å². The molecule has 1 amide bonds. The summed E-state index contributed by atoms with van der Waals surface area (Å²) in [6.07, 6.45) is 1.11. The van der Waals surface area contributed by atoms with Crippen molar-refractivity contribution in [2.24, 2.45) is 0 Å². The Morgan fingerprint density at radius 2 is 2.29 bits per heavy atom. The van der Waals surface area contributed by atoms with Gasteiger partial charge in [-0.2, -0.15) is 0 Å². The lowest BCUT2D eigenvalue weighted by Crippen LogP contribution is -2.44. The van der Waals surface area contributed by atoms with Crippen molar-refractivity contribution in [3.05, 3.63) is 41.4 Å². The van der Waals surface area contributed by atoms with Gasteiger partial charge in [-0.15, -0.1) is 10.2 Å². The van der Waals surface area contributed by atoms with Gasteiger partial charge >= 0.3 is 0 Å². The van der Waals surface area contributed by atoms with Gasteiger partial charge in [-0.3, -0.25) is 4.79 Å². The fourth-order valence-corrected chi connectivity index (χ4v) is 2.49. The maximum Gasteiger partial charge on any atom is 0.263 e. The van der Waals surface area contributed by atoms with E-state index in [0.29, 0.717) is 30.4 Å². The molecular weight excluding hydrogens is 292 g/mol. The minimum absolute atomic E-state index is 0.0655. The number of hydrogen-bond acceptors (Lipinski definition) is 4. The monoisotopic (exact) mass is 306 g/mol. The van der Waals surface area contributed by atoms with Gasteiger partial charge in [0.2, 0.25) is 0 Å². The van der Waals surface area contributed by atoms with E-state index in [4.69, 9.17) is 16.3 Å². The molecule has 0 N–H and O–H groups in total. The molecule has 3 rings (SSSR count). The van der Waals surface area contributed by atoms with Gasteiger partial charge in [-0.25, -0.2) is 0 Å². The van der Waals surface area contributed by atoms with Gasteiger partial charge in [-0.1, -0.05) is 17.7 Å². The van der Waals surface area contributed by atoms with E-state index in [9.17, 15) is 4.79 Å². The van der Waals surface area contributed by atoms with Gasteiger partial charge in [-0.05, 0) is 25.1 Å². The van der Waals surface area contributed by atoms with Crippen LogP contribution >= 0.6 is 11.6 Å². The highest BCUT2D eigenvalue weighted by atomic mass is 35.5. The summed E-state index contributed by atoms with van der Waals surface area (Å²) in [6, 6.07) is 7.03. The summed E-state index contributed by atoms with van der Waals surface area (Å²) in [5.41, 5.74) is 0. The van der Waals surface area contributed by atoms with Crippen LogP contribution in [0.2, 0.25) is 5.02 Å². The van der Waals surface area contributed by atoms with Crippen LogP contribution in [0.3, 0.4) is 0 Å². The van der Waals surface area contributed by atoms with Crippen molar-refractivity contribution in [2.75, 3.05) is 6.54 Å². The Balaban J connectivity index is 1.65. The van der Waals surface area contributed by atoms with Gasteiger partial charge in [0.25, 0.3) is 5.91 Å². The molecule has 0 fully saturated rings. The summed E-state index contributed by atoms with van der Waals surface area (Å²) in [5, 5.41) is 8.44. The number of amides is 1. The SMILES string of the molecule is C[C@H](Oc1cccc(Cl)c1)C(=O)N1CCn2cnnc2C1. The molecule has 1 aliphatic rings. The summed E-state index contributed by atoms with van der Waals surface area (Å²) >= 11 is 5.91. The van der Waals surface area contributed by atoms with E-state index in [-0.39, 0.29) is 5.91 Å². The van der Waals surface area contributed by atoms with Crippen LogP contribution in [0.25, 0.3) is 0 Å². The van der Waals surface area contributed by atoms with E-state index in [0.717, 1.165) is 5.82 Å². The Hall–Kier alpha value is -2.08. The van der Waals surface area contributed by atoms with E-state index in [2.05, 4.69) is 10.2 Å². The molecule has 0 saturated carbocycles.